The Hall–Kier alpha value is -3.59. The molecule has 1 amide bonds. The predicted molar refractivity (Wildman–Crippen MR) is 151 cm³/mol. The molecule has 0 aliphatic carbocycles. The van der Waals surface area contributed by atoms with Crippen LogP contribution in [-0.4, -0.2) is 39.2 Å². The fourth-order valence-corrected chi connectivity index (χ4v) is 4.36. The van der Waals surface area contributed by atoms with E-state index in [1.165, 1.54) is 18.0 Å². The molecule has 0 bridgehead atoms. The van der Waals surface area contributed by atoms with E-state index in [1.54, 1.807) is 18.2 Å². The highest BCUT2D eigenvalue weighted by Crippen LogP contribution is 2.29. The van der Waals surface area contributed by atoms with E-state index in [2.05, 4.69) is 20.7 Å². The Labute approximate surface area is 229 Å². The molecule has 0 aliphatic rings. The molecule has 0 radical (unpaired) electrons. The number of halogens is 2. The first-order chi connectivity index (χ1) is 18.0. The van der Waals surface area contributed by atoms with Gasteiger partial charge in [0.15, 0.2) is 11.0 Å². The van der Waals surface area contributed by atoms with Gasteiger partial charge in [0.2, 0.25) is 0 Å². The van der Waals surface area contributed by atoms with Gasteiger partial charge in [-0.2, -0.15) is 5.10 Å². The summed E-state index contributed by atoms with van der Waals surface area (Å²) in [7, 11) is 0. The quantitative estimate of drug-likeness (QED) is 0.139. The highest BCUT2D eigenvalue weighted by atomic mass is 35.5. The van der Waals surface area contributed by atoms with E-state index in [9.17, 15) is 4.79 Å². The second-order valence-electron chi connectivity index (χ2n) is 7.60. The van der Waals surface area contributed by atoms with Crippen LogP contribution in [0.25, 0.3) is 23.2 Å². The molecule has 0 saturated carbocycles. The lowest BCUT2D eigenvalue weighted by Gasteiger charge is -2.11. The number of hydrogen-bond donors (Lipinski definition) is 1. The van der Waals surface area contributed by atoms with Gasteiger partial charge in [-0.05, 0) is 67.1 Å². The number of carbonyl (C=O) groups excluding carboxylic acids is 1. The van der Waals surface area contributed by atoms with Gasteiger partial charge in [-0.15, -0.1) is 10.2 Å². The second kappa shape index (κ2) is 13.1. The molecule has 0 spiro atoms. The van der Waals surface area contributed by atoms with Crippen molar-refractivity contribution in [2.75, 3.05) is 12.4 Å². The molecule has 1 aromatic heterocycles. The molecule has 188 valence electrons. The van der Waals surface area contributed by atoms with Crippen molar-refractivity contribution in [1.82, 2.24) is 20.2 Å². The topological polar surface area (TPSA) is 81.4 Å². The lowest BCUT2D eigenvalue weighted by molar-refractivity contribution is -0.118. The third kappa shape index (κ3) is 7.45. The van der Waals surface area contributed by atoms with Crippen LogP contribution in [0, 0.1) is 0 Å². The number of hydrazone groups is 1. The summed E-state index contributed by atoms with van der Waals surface area (Å²) in [5.41, 5.74) is 5.10. The van der Waals surface area contributed by atoms with Crippen LogP contribution in [0.5, 0.6) is 5.75 Å². The van der Waals surface area contributed by atoms with Crippen molar-refractivity contribution in [3.05, 3.63) is 94.5 Å². The summed E-state index contributed by atoms with van der Waals surface area (Å²) in [4.78, 5) is 12.4. The Kier molecular flexibility index (Phi) is 9.37. The van der Waals surface area contributed by atoms with Crippen molar-refractivity contribution in [3.8, 4) is 22.8 Å². The maximum Gasteiger partial charge on any atom is 0.250 e. The number of hydrogen-bond acceptors (Lipinski definition) is 6. The summed E-state index contributed by atoms with van der Waals surface area (Å²) in [5, 5.41) is 14.2. The molecule has 4 rings (SSSR count). The molecule has 0 unspecified atom stereocenters. The molecule has 1 N–H and O–H groups in total. The van der Waals surface area contributed by atoms with Gasteiger partial charge in [0.1, 0.15) is 5.75 Å². The number of nitrogens with zero attached hydrogens (tertiary/aromatic N) is 4. The summed E-state index contributed by atoms with van der Waals surface area (Å²) in [6, 6.07) is 24.5. The zero-order valence-electron chi connectivity index (χ0n) is 19.8. The molecular weight excluding hydrogens is 529 g/mol. The lowest BCUT2D eigenvalue weighted by atomic mass is 10.2. The Bertz CT molecular complexity index is 1390. The maximum absolute atomic E-state index is 12.4. The molecule has 4 aromatic rings. The van der Waals surface area contributed by atoms with Gasteiger partial charge in [-0.3, -0.25) is 9.36 Å². The normalized spacial score (nSPS) is 11.6. The van der Waals surface area contributed by atoms with Crippen LogP contribution >= 0.6 is 35.0 Å². The van der Waals surface area contributed by atoms with Crippen LogP contribution in [0.2, 0.25) is 5.02 Å². The molecular formula is C27H23Cl2N5O2S. The molecule has 0 saturated heterocycles. The van der Waals surface area contributed by atoms with Gasteiger partial charge >= 0.3 is 0 Å². The molecule has 0 atom stereocenters. The number of carbonyl (C=O) groups is 1. The molecule has 37 heavy (non-hydrogen) atoms. The third-order valence-electron chi connectivity index (χ3n) is 4.96. The Balaban J connectivity index is 1.48. The second-order valence-corrected chi connectivity index (χ2v) is 9.41. The number of thioether (sulfide) groups is 1. The highest BCUT2D eigenvalue weighted by molar-refractivity contribution is 7.99. The van der Waals surface area contributed by atoms with Crippen molar-refractivity contribution < 1.29 is 9.53 Å². The summed E-state index contributed by atoms with van der Waals surface area (Å²) >= 11 is 13.5. The van der Waals surface area contributed by atoms with Gasteiger partial charge in [-0.1, -0.05) is 65.3 Å². The van der Waals surface area contributed by atoms with E-state index in [1.807, 2.05) is 78.2 Å². The Morgan fingerprint density at radius 2 is 1.78 bits per heavy atom. The van der Waals surface area contributed by atoms with Crippen molar-refractivity contribution >= 4 is 53.2 Å². The van der Waals surface area contributed by atoms with E-state index >= 15 is 0 Å². The standard InChI is InChI=1S/C27H23Cl2N5O2S/c1-2-36-24-14-12-23(13-15-24)34-26(20-8-10-21(28)11-9-20)32-33-27(34)37-18-25(35)31-30-17-22(29)16-19-6-4-3-5-7-19/h3-17H,2,18H2,1H3,(H,31,35)/b22-16-,30-17-. The fraction of sp³-hybridized carbons (Fsp3) is 0.111. The number of rotatable bonds is 10. The van der Waals surface area contributed by atoms with Crippen LogP contribution in [-0.2, 0) is 4.79 Å². The van der Waals surface area contributed by atoms with Crippen molar-refractivity contribution in [2.45, 2.75) is 12.1 Å². The molecule has 3 aromatic carbocycles. The number of benzene rings is 3. The van der Waals surface area contributed by atoms with Gasteiger partial charge in [-0.25, -0.2) is 5.43 Å². The summed E-state index contributed by atoms with van der Waals surface area (Å²) < 4.78 is 7.45. The average molecular weight is 552 g/mol. The van der Waals surface area contributed by atoms with E-state index in [0.29, 0.717) is 27.6 Å². The average Bonchev–Trinajstić information content (AvgIpc) is 3.33. The molecule has 1 heterocycles. The van der Waals surface area contributed by atoms with Gasteiger partial charge < -0.3 is 4.74 Å². The number of ether oxygens (including phenoxy) is 1. The van der Waals surface area contributed by atoms with Crippen molar-refractivity contribution in [3.63, 3.8) is 0 Å². The molecule has 10 heteroatoms. The fourth-order valence-electron chi connectivity index (χ4n) is 3.31. The summed E-state index contributed by atoms with van der Waals surface area (Å²) in [6.07, 6.45) is 3.14. The van der Waals surface area contributed by atoms with Crippen LogP contribution in [0.4, 0.5) is 0 Å². The predicted octanol–water partition coefficient (Wildman–Crippen LogP) is 6.46. The Morgan fingerprint density at radius 1 is 1.05 bits per heavy atom. The highest BCUT2D eigenvalue weighted by Gasteiger charge is 2.17. The van der Waals surface area contributed by atoms with E-state index < -0.39 is 0 Å². The van der Waals surface area contributed by atoms with Crippen molar-refractivity contribution in [1.29, 1.82) is 0 Å². The minimum absolute atomic E-state index is 0.0765. The zero-order chi connectivity index (χ0) is 26.0. The van der Waals surface area contributed by atoms with Crippen molar-refractivity contribution in [2.24, 2.45) is 5.10 Å². The Morgan fingerprint density at radius 3 is 2.49 bits per heavy atom. The first-order valence-electron chi connectivity index (χ1n) is 11.3. The monoisotopic (exact) mass is 551 g/mol. The summed E-state index contributed by atoms with van der Waals surface area (Å²) in [6.45, 7) is 2.51. The minimum Gasteiger partial charge on any atom is -0.494 e. The first kappa shape index (κ1) is 26.5. The SMILES string of the molecule is CCOc1ccc(-n2c(SCC(=O)N/N=C\C(Cl)=C\c3ccccc3)nnc2-c2ccc(Cl)cc2)cc1. The minimum atomic E-state index is -0.306. The van der Waals surface area contributed by atoms with Crippen LogP contribution in [0.15, 0.2) is 94.2 Å². The van der Waals surface area contributed by atoms with Crippen LogP contribution in [0.3, 0.4) is 0 Å². The van der Waals surface area contributed by atoms with E-state index in [-0.39, 0.29) is 11.7 Å². The zero-order valence-corrected chi connectivity index (χ0v) is 22.2. The third-order valence-corrected chi connectivity index (χ3v) is 6.34. The number of allylic oxidation sites excluding steroid dienone is 1. The lowest BCUT2D eigenvalue weighted by Crippen LogP contribution is -2.19. The number of nitrogens with one attached hydrogen (secondary N) is 1. The maximum atomic E-state index is 12.4. The van der Waals surface area contributed by atoms with Gasteiger partial charge in [0.25, 0.3) is 5.91 Å². The molecule has 0 aliphatic heterocycles. The molecule has 7 nitrogen and oxygen atoms in total. The van der Waals surface area contributed by atoms with Gasteiger partial charge in [0, 0.05) is 16.3 Å². The van der Waals surface area contributed by atoms with Gasteiger partial charge in [0.05, 0.1) is 23.6 Å². The van der Waals surface area contributed by atoms with E-state index in [0.717, 1.165) is 22.6 Å². The summed E-state index contributed by atoms with van der Waals surface area (Å²) in [5.74, 6) is 1.16. The van der Waals surface area contributed by atoms with Crippen LogP contribution in [0.1, 0.15) is 12.5 Å². The largest absolute Gasteiger partial charge is 0.494 e. The smallest absolute Gasteiger partial charge is 0.250 e. The van der Waals surface area contributed by atoms with E-state index in [4.69, 9.17) is 27.9 Å². The number of amides is 1. The first-order valence-corrected chi connectivity index (χ1v) is 13.1. The van der Waals surface area contributed by atoms with Crippen LogP contribution < -0.4 is 10.2 Å². The molecule has 0 fully saturated rings. The number of aromatic nitrogens is 3.